The van der Waals surface area contributed by atoms with Gasteiger partial charge in [0, 0.05) is 12.6 Å². The third-order valence-corrected chi connectivity index (χ3v) is 5.70. The number of rotatable bonds is 5. The van der Waals surface area contributed by atoms with E-state index in [1.54, 1.807) is 0 Å². The molecule has 2 heteroatoms. The topological polar surface area (TPSA) is 21.3 Å². The first-order valence-electron chi connectivity index (χ1n) is 8.92. The Labute approximate surface area is 126 Å². The molecule has 0 amide bonds. The van der Waals surface area contributed by atoms with Crippen LogP contribution in [0.15, 0.2) is 0 Å². The Morgan fingerprint density at radius 3 is 2.15 bits per heavy atom. The van der Waals surface area contributed by atoms with E-state index in [1.165, 1.54) is 51.4 Å². The van der Waals surface area contributed by atoms with Crippen molar-refractivity contribution in [3.63, 3.8) is 0 Å². The van der Waals surface area contributed by atoms with Crippen LogP contribution in [-0.4, -0.2) is 25.3 Å². The molecule has 0 bridgehead atoms. The fraction of sp³-hybridized carbons (Fsp3) is 1.00. The first-order valence-corrected chi connectivity index (χ1v) is 8.92. The summed E-state index contributed by atoms with van der Waals surface area (Å²) in [7, 11) is 2.16. The lowest BCUT2D eigenvalue weighted by atomic mass is 9.67. The van der Waals surface area contributed by atoms with Crippen LogP contribution in [0.25, 0.3) is 0 Å². The van der Waals surface area contributed by atoms with Crippen molar-refractivity contribution in [1.29, 1.82) is 0 Å². The number of nitrogens with one attached hydrogen (secondary N) is 1. The zero-order chi connectivity index (χ0) is 14.6. The van der Waals surface area contributed by atoms with Gasteiger partial charge in [-0.25, -0.2) is 0 Å². The summed E-state index contributed by atoms with van der Waals surface area (Å²) < 4.78 is 6.38. The van der Waals surface area contributed by atoms with E-state index in [-0.39, 0.29) is 5.60 Å². The Morgan fingerprint density at radius 1 is 1.05 bits per heavy atom. The molecule has 0 saturated heterocycles. The van der Waals surface area contributed by atoms with Gasteiger partial charge in [0.25, 0.3) is 0 Å². The van der Waals surface area contributed by atoms with Crippen LogP contribution in [0.4, 0.5) is 0 Å². The van der Waals surface area contributed by atoms with Gasteiger partial charge in [0.15, 0.2) is 0 Å². The second-order valence-corrected chi connectivity index (χ2v) is 7.50. The molecule has 0 aromatic carbocycles. The molecule has 3 unspecified atom stereocenters. The minimum absolute atomic E-state index is 0.114. The standard InChI is InChI=1S/C18H35NO/c1-5-20-18(9-7-6-8-10-18)17(19-4)16-12-14(2)11-15(3)13-16/h14-17,19H,5-13H2,1-4H3. The highest BCUT2D eigenvalue weighted by molar-refractivity contribution is 5.00. The second-order valence-electron chi connectivity index (χ2n) is 7.50. The highest BCUT2D eigenvalue weighted by Gasteiger charge is 2.45. The maximum atomic E-state index is 6.38. The predicted molar refractivity (Wildman–Crippen MR) is 86.0 cm³/mol. The Morgan fingerprint density at radius 2 is 1.65 bits per heavy atom. The van der Waals surface area contributed by atoms with Crippen LogP contribution >= 0.6 is 0 Å². The predicted octanol–water partition coefficient (Wildman–Crippen LogP) is 4.39. The van der Waals surface area contributed by atoms with Gasteiger partial charge in [-0.1, -0.05) is 33.1 Å². The number of ether oxygens (including phenoxy) is 1. The van der Waals surface area contributed by atoms with E-state index in [9.17, 15) is 0 Å². The molecule has 3 atom stereocenters. The smallest absolute Gasteiger partial charge is 0.0837 e. The van der Waals surface area contributed by atoms with Crippen molar-refractivity contribution in [2.45, 2.75) is 83.8 Å². The first kappa shape index (κ1) is 16.3. The maximum absolute atomic E-state index is 6.38. The van der Waals surface area contributed by atoms with Gasteiger partial charge in [0.05, 0.1) is 5.60 Å². The molecule has 0 radical (unpaired) electrons. The minimum Gasteiger partial charge on any atom is -0.374 e. The van der Waals surface area contributed by atoms with Gasteiger partial charge in [-0.15, -0.1) is 0 Å². The van der Waals surface area contributed by atoms with Crippen LogP contribution in [0.1, 0.15) is 72.1 Å². The monoisotopic (exact) mass is 281 g/mol. The molecule has 2 nitrogen and oxygen atoms in total. The number of hydrogen-bond donors (Lipinski definition) is 1. The zero-order valence-corrected chi connectivity index (χ0v) is 14.1. The van der Waals surface area contributed by atoms with E-state index >= 15 is 0 Å². The van der Waals surface area contributed by atoms with Gasteiger partial charge in [0.1, 0.15) is 0 Å². The highest BCUT2D eigenvalue weighted by Crippen LogP contribution is 2.43. The fourth-order valence-electron chi connectivity index (χ4n) is 5.19. The second kappa shape index (κ2) is 7.26. The third kappa shape index (κ3) is 3.57. The van der Waals surface area contributed by atoms with Gasteiger partial charge in [-0.3, -0.25) is 0 Å². The molecular formula is C18H35NO. The average Bonchev–Trinajstić information content (AvgIpc) is 2.39. The summed E-state index contributed by atoms with van der Waals surface area (Å²) in [6.45, 7) is 7.89. The molecule has 2 aliphatic carbocycles. The molecule has 0 heterocycles. The van der Waals surface area contributed by atoms with Gasteiger partial charge in [0.2, 0.25) is 0 Å². The quantitative estimate of drug-likeness (QED) is 0.807. The summed E-state index contributed by atoms with van der Waals surface area (Å²) >= 11 is 0. The summed E-state index contributed by atoms with van der Waals surface area (Å²) in [4.78, 5) is 0. The largest absolute Gasteiger partial charge is 0.374 e. The van der Waals surface area contributed by atoms with Crippen molar-refractivity contribution in [2.24, 2.45) is 17.8 Å². The van der Waals surface area contributed by atoms with Crippen LogP contribution in [0.2, 0.25) is 0 Å². The van der Waals surface area contributed by atoms with Crippen molar-refractivity contribution < 1.29 is 4.74 Å². The van der Waals surface area contributed by atoms with Crippen LogP contribution in [-0.2, 0) is 4.74 Å². The zero-order valence-electron chi connectivity index (χ0n) is 14.1. The van der Waals surface area contributed by atoms with Gasteiger partial charge in [-0.05, 0) is 63.8 Å². The molecule has 2 aliphatic rings. The van der Waals surface area contributed by atoms with Gasteiger partial charge in [-0.2, -0.15) is 0 Å². The fourth-order valence-corrected chi connectivity index (χ4v) is 5.19. The van der Waals surface area contributed by atoms with E-state index < -0.39 is 0 Å². The normalized spacial score (nSPS) is 35.7. The Balaban J connectivity index is 2.14. The molecular weight excluding hydrogens is 246 g/mol. The molecule has 2 rings (SSSR count). The van der Waals surface area contributed by atoms with Gasteiger partial charge >= 0.3 is 0 Å². The minimum atomic E-state index is 0.114. The van der Waals surface area contributed by atoms with Crippen molar-refractivity contribution in [1.82, 2.24) is 5.32 Å². The molecule has 0 aromatic heterocycles. The molecule has 2 fully saturated rings. The summed E-state index contributed by atoms with van der Waals surface area (Å²) in [6.07, 6.45) is 10.8. The summed E-state index contributed by atoms with van der Waals surface area (Å²) in [6, 6.07) is 0.549. The molecule has 20 heavy (non-hydrogen) atoms. The van der Waals surface area contributed by atoms with E-state index in [0.717, 1.165) is 24.4 Å². The lowest BCUT2D eigenvalue weighted by Gasteiger charge is -2.48. The molecule has 0 aliphatic heterocycles. The Hall–Kier alpha value is -0.0800. The van der Waals surface area contributed by atoms with Crippen LogP contribution in [0.5, 0.6) is 0 Å². The lowest BCUT2D eigenvalue weighted by Crippen LogP contribution is -2.57. The van der Waals surface area contributed by atoms with E-state index in [2.05, 4.69) is 33.1 Å². The van der Waals surface area contributed by atoms with E-state index in [4.69, 9.17) is 4.74 Å². The molecule has 0 aromatic rings. The molecule has 1 N–H and O–H groups in total. The van der Waals surface area contributed by atoms with Crippen LogP contribution in [0.3, 0.4) is 0 Å². The van der Waals surface area contributed by atoms with Crippen LogP contribution in [0, 0.1) is 17.8 Å². The maximum Gasteiger partial charge on any atom is 0.0837 e. The molecule has 118 valence electrons. The van der Waals surface area contributed by atoms with E-state index in [0.29, 0.717) is 6.04 Å². The molecule has 0 spiro atoms. The van der Waals surface area contributed by atoms with Gasteiger partial charge < -0.3 is 10.1 Å². The summed E-state index contributed by atoms with van der Waals surface area (Å²) in [5.41, 5.74) is 0.114. The summed E-state index contributed by atoms with van der Waals surface area (Å²) in [5, 5.41) is 3.68. The highest BCUT2D eigenvalue weighted by atomic mass is 16.5. The van der Waals surface area contributed by atoms with Crippen molar-refractivity contribution >= 4 is 0 Å². The third-order valence-electron chi connectivity index (χ3n) is 5.70. The number of likely N-dealkylation sites (N-methyl/N-ethyl adjacent to an activating group) is 1. The van der Waals surface area contributed by atoms with Crippen molar-refractivity contribution in [3.8, 4) is 0 Å². The van der Waals surface area contributed by atoms with Crippen molar-refractivity contribution in [2.75, 3.05) is 13.7 Å². The lowest BCUT2D eigenvalue weighted by molar-refractivity contribution is -0.107. The molecule has 2 saturated carbocycles. The summed E-state index contributed by atoms with van der Waals surface area (Å²) in [5.74, 6) is 2.55. The SMILES string of the molecule is CCOC1(C(NC)C2CC(C)CC(C)C2)CCCCC1. The Bertz CT molecular complexity index is 270. The Kier molecular flexibility index (Phi) is 5.92. The average molecular weight is 281 g/mol. The van der Waals surface area contributed by atoms with E-state index in [1.807, 2.05) is 0 Å². The van der Waals surface area contributed by atoms with Crippen LogP contribution < -0.4 is 5.32 Å². The van der Waals surface area contributed by atoms with Crippen molar-refractivity contribution in [3.05, 3.63) is 0 Å². The first-order chi connectivity index (χ1) is 9.61. The number of hydrogen-bond acceptors (Lipinski definition) is 2.